The van der Waals surface area contributed by atoms with E-state index in [0.717, 1.165) is 12.5 Å². The maximum Gasteiger partial charge on any atom is 0.202 e. The van der Waals surface area contributed by atoms with Crippen molar-refractivity contribution in [3.63, 3.8) is 0 Å². The van der Waals surface area contributed by atoms with Gasteiger partial charge in [-0.05, 0) is 89.9 Å². The van der Waals surface area contributed by atoms with E-state index in [2.05, 4.69) is 5.32 Å². The Morgan fingerprint density at radius 1 is 1.16 bits per heavy atom. The van der Waals surface area contributed by atoms with E-state index in [1.807, 2.05) is 46.8 Å². The smallest absolute Gasteiger partial charge is 0.202 e. The van der Waals surface area contributed by atoms with Gasteiger partial charge in [0, 0.05) is 22.4 Å². The van der Waals surface area contributed by atoms with Crippen LogP contribution in [0.4, 0.5) is 0 Å². The summed E-state index contributed by atoms with van der Waals surface area (Å²) in [6.45, 7) is 13.5. The fourth-order valence-electron chi connectivity index (χ4n) is 7.48. The number of furan rings is 1. The van der Waals surface area contributed by atoms with Crippen LogP contribution in [0.15, 0.2) is 39.5 Å². The summed E-state index contributed by atoms with van der Waals surface area (Å²) in [4.78, 5) is 42.0. The minimum atomic E-state index is -2.63. The molecule has 2 aromatic rings. The summed E-state index contributed by atoms with van der Waals surface area (Å²) in [5.74, 6) is -4.31. The topological polar surface area (TPSA) is 161 Å². The van der Waals surface area contributed by atoms with Crippen molar-refractivity contribution in [1.82, 2.24) is 10.2 Å². The molecule has 0 amide bonds. The summed E-state index contributed by atoms with van der Waals surface area (Å²) in [7, 11) is 3.23. The molecule has 0 bridgehead atoms. The first-order valence-electron chi connectivity index (χ1n) is 15.3. The molecule has 4 atom stereocenters. The van der Waals surface area contributed by atoms with Crippen molar-refractivity contribution < 1.29 is 39.2 Å². The maximum atomic E-state index is 14.4. The number of likely N-dealkylation sites (N-methyl/N-ethyl adjacent to an activating group) is 1. The number of fused-ring (bicyclic) bond motifs is 3. The number of phenolic OH excluding ortho intramolecular Hbond substituents is 1. The van der Waals surface area contributed by atoms with Crippen molar-refractivity contribution in [3.8, 4) is 17.1 Å². The molecular weight excluding hydrogens is 576 g/mol. The average molecular weight is 621 g/mol. The number of carbonyl (C=O) groups excluding carboxylic acids is 3. The van der Waals surface area contributed by atoms with Gasteiger partial charge in [-0.1, -0.05) is 20.8 Å². The molecule has 10 nitrogen and oxygen atoms in total. The van der Waals surface area contributed by atoms with E-state index in [9.17, 15) is 34.8 Å². The monoisotopic (exact) mass is 620 g/mol. The van der Waals surface area contributed by atoms with Gasteiger partial charge in [-0.3, -0.25) is 19.3 Å². The molecule has 3 aliphatic carbocycles. The SMILES string of the molecule is CC(=O)C1=C(O)[C@]2(O)C(=O)C3=C(O)c4c(O)c(-c5ccc(CNC(C)(C)C)o5)cc(C(C)C)c4C[C@]3(C)C[C@@H]2C(N(C)C)C1=O. The first kappa shape index (κ1) is 32.7. The molecule has 1 unspecified atom stereocenters. The summed E-state index contributed by atoms with van der Waals surface area (Å²) >= 11 is 0. The van der Waals surface area contributed by atoms with Crippen molar-refractivity contribution in [3.05, 3.63) is 57.6 Å². The average Bonchev–Trinajstić information content (AvgIpc) is 3.37. The molecule has 1 saturated carbocycles. The van der Waals surface area contributed by atoms with Gasteiger partial charge in [-0.25, -0.2) is 0 Å². The van der Waals surface area contributed by atoms with Crippen molar-refractivity contribution in [2.24, 2.45) is 11.3 Å². The number of benzene rings is 1. The van der Waals surface area contributed by atoms with Gasteiger partial charge in [-0.2, -0.15) is 0 Å². The molecule has 5 N–H and O–H groups in total. The summed E-state index contributed by atoms with van der Waals surface area (Å²) in [6, 6.07) is 4.33. The molecule has 5 rings (SSSR count). The van der Waals surface area contributed by atoms with Crippen LogP contribution in [0.3, 0.4) is 0 Å². The second-order valence-electron chi connectivity index (χ2n) is 14.7. The number of ketones is 3. The quantitative estimate of drug-likeness (QED) is 0.286. The summed E-state index contributed by atoms with van der Waals surface area (Å²) in [6.07, 6.45) is 0.263. The van der Waals surface area contributed by atoms with Gasteiger partial charge in [0.15, 0.2) is 17.2 Å². The predicted octanol–water partition coefficient (Wildman–Crippen LogP) is 4.73. The lowest BCUT2D eigenvalue weighted by atomic mass is 9.52. The molecular formula is C35H44N2O8. The highest BCUT2D eigenvalue weighted by Crippen LogP contribution is 2.59. The van der Waals surface area contributed by atoms with Gasteiger partial charge >= 0.3 is 0 Å². The Morgan fingerprint density at radius 3 is 2.36 bits per heavy atom. The van der Waals surface area contributed by atoms with Gasteiger partial charge in [-0.15, -0.1) is 0 Å². The number of phenols is 1. The zero-order chi connectivity index (χ0) is 33.5. The zero-order valence-corrected chi connectivity index (χ0v) is 27.5. The Hall–Kier alpha value is -3.73. The molecule has 0 spiro atoms. The molecule has 0 aliphatic heterocycles. The Balaban J connectivity index is 1.72. The minimum absolute atomic E-state index is 0.0415. The third-order valence-electron chi connectivity index (χ3n) is 9.61. The highest BCUT2D eigenvalue weighted by molar-refractivity contribution is 6.25. The number of hydrogen-bond donors (Lipinski definition) is 5. The number of aliphatic hydroxyl groups excluding tert-OH is 2. The first-order chi connectivity index (χ1) is 20.7. The summed E-state index contributed by atoms with van der Waals surface area (Å²) < 4.78 is 6.10. The van der Waals surface area contributed by atoms with E-state index in [-0.39, 0.29) is 41.2 Å². The molecule has 0 saturated heterocycles. The number of Topliss-reactive ketones (excluding diaryl/α,β-unsaturated/α-hetero) is 3. The van der Waals surface area contributed by atoms with E-state index < -0.39 is 57.4 Å². The van der Waals surface area contributed by atoms with Gasteiger partial charge in [0.1, 0.15) is 34.4 Å². The van der Waals surface area contributed by atoms with Crippen molar-refractivity contribution >= 4 is 23.1 Å². The van der Waals surface area contributed by atoms with Crippen LogP contribution in [0.2, 0.25) is 0 Å². The van der Waals surface area contributed by atoms with Crippen LogP contribution in [0.25, 0.3) is 17.1 Å². The van der Waals surface area contributed by atoms with Crippen LogP contribution in [0.5, 0.6) is 5.75 Å². The fourth-order valence-corrected chi connectivity index (χ4v) is 7.48. The molecule has 1 aromatic heterocycles. The largest absolute Gasteiger partial charge is 0.508 e. The van der Waals surface area contributed by atoms with Gasteiger partial charge in [0.2, 0.25) is 5.78 Å². The molecule has 242 valence electrons. The molecule has 3 aliphatic rings. The minimum Gasteiger partial charge on any atom is -0.508 e. The Bertz CT molecular complexity index is 1690. The summed E-state index contributed by atoms with van der Waals surface area (Å²) in [5, 5.41) is 50.3. The number of aliphatic hydroxyl groups is 3. The lowest BCUT2D eigenvalue weighted by Crippen LogP contribution is -2.67. The Morgan fingerprint density at radius 2 is 1.80 bits per heavy atom. The fraction of sp³-hybridized carbons (Fsp3) is 0.514. The molecule has 1 aromatic carbocycles. The van der Waals surface area contributed by atoms with E-state index in [1.165, 1.54) is 0 Å². The molecule has 10 heteroatoms. The van der Waals surface area contributed by atoms with Crippen LogP contribution in [-0.2, 0) is 27.3 Å². The van der Waals surface area contributed by atoms with Gasteiger partial charge < -0.3 is 30.2 Å². The summed E-state index contributed by atoms with van der Waals surface area (Å²) in [5.41, 5.74) is -2.72. The van der Waals surface area contributed by atoms with E-state index in [4.69, 9.17) is 4.42 Å². The van der Waals surface area contributed by atoms with E-state index in [0.29, 0.717) is 29.2 Å². The second-order valence-corrected chi connectivity index (χ2v) is 14.7. The zero-order valence-electron chi connectivity index (χ0n) is 27.5. The maximum absolute atomic E-state index is 14.4. The van der Waals surface area contributed by atoms with E-state index in [1.54, 1.807) is 32.0 Å². The molecule has 1 heterocycles. The Kier molecular flexibility index (Phi) is 7.75. The number of aromatic hydroxyl groups is 1. The Labute approximate surface area is 263 Å². The normalized spacial score (nSPS) is 26.8. The third kappa shape index (κ3) is 4.94. The van der Waals surface area contributed by atoms with Crippen LogP contribution < -0.4 is 5.32 Å². The van der Waals surface area contributed by atoms with Gasteiger partial charge in [0.25, 0.3) is 0 Å². The van der Waals surface area contributed by atoms with Crippen molar-refractivity contribution in [2.75, 3.05) is 14.1 Å². The number of nitrogens with one attached hydrogen (secondary N) is 1. The van der Waals surface area contributed by atoms with Crippen LogP contribution in [0.1, 0.15) is 83.3 Å². The molecule has 45 heavy (non-hydrogen) atoms. The van der Waals surface area contributed by atoms with Crippen LogP contribution in [-0.4, -0.2) is 74.0 Å². The molecule has 0 radical (unpaired) electrons. The van der Waals surface area contributed by atoms with Crippen LogP contribution in [0, 0.1) is 11.3 Å². The van der Waals surface area contributed by atoms with E-state index >= 15 is 0 Å². The van der Waals surface area contributed by atoms with Crippen molar-refractivity contribution in [2.45, 2.75) is 91.0 Å². The van der Waals surface area contributed by atoms with Crippen LogP contribution >= 0.6 is 0 Å². The number of carbonyl (C=O) groups is 3. The first-order valence-corrected chi connectivity index (χ1v) is 15.3. The van der Waals surface area contributed by atoms with Gasteiger partial charge in [0.05, 0.1) is 23.7 Å². The molecule has 1 fully saturated rings. The second kappa shape index (κ2) is 10.7. The number of hydrogen-bond acceptors (Lipinski definition) is 10. The predicted molar refractivity (Wildman–Crippen MR) is 169 cm³/mol. The van der Waals surface area contributed by atoms with Crippen molar-refractivity contribution in [1.29, 1.82) is 0 Å². The lowest BCUT2D eigenvalue weighted by Gasteiger charge is -2.54. The third-order valence-corrected chi connectivity index (χ3v) is 9.61. The number of rotatable bonds is 6. The highest BCUT2D eigenvalue weighted by atomic mass is 16.4. The highest BCUT2D eigenvalue weighted by Gasteiger charge is 2.66. The standard InChI is InChI=1S/C35H44N2O8/c1-16(2)19-12-20(23-11-10-18(45-23)15-36-33(4,5)6)28(39)25-21(19)13-34(7)14-22-27(37(8)9)30(41)24(17(3)38)31(42)35(22,44)32(43)26(34)29(25)40/h10-12,16,22,27,36,39-40,42,44H,13-15H2,1-9H3/t22-,27?,34-,35+/m1/s1. The lowest BCUT2D eigenvalue weighted by molar-refractivity contribution is -0.156. The number of nitrogens with zero attached hydrogens (tertiary/aromatic N) is 1.